The second kappa shape index (κ2) is 2.83. The maximum Gasteiger partial charge on any atom is 0.274 e. The minimum Gasteiger partial charge on any atom is -0.389 e. The van der Waals surface area contributed by atoms with Gasteiger partial charge in [-0.25, -0.2) is 5.14 Å². The third-order valence-corrected chi connectivity index (χ3v) is 1.25. The lowest BCUT2D eigenvalue weighted by molar-refractivity contribution is 0.0857. The molecule has 0 aromatic carbocycles. The first-order chi connectivity index (χ1) is 4.21. The van der Waals surface area contributed by atoms with Crippen LogP contribution in [0, 0.1) is 0 Å². The molecule has 0 bridgehead atoms. The van der Waals surface area contributed by atoms with Crippen LogP contribution in [0.4, 0.5) is 0 Å². The number of aliphatic hydroxyl groups is 1. The second-order valence-corrected chi connectivity index (χ2v) is 4.06. The van der Waals surface area contributed by atoms with Crippen molar-refractivity contribution in [2.45, 2.75) is 19.4 Å². The van der Waals surface area contributed by atoms with Gasteiger partial charge in [0.2, 0.25) is 0 Å². The van der Waals surface area contributed by atoms with Crippen molar-refractivity contribution in [2.75, 3.05) is 6.54 Å². The van der Waals surface area contributed by atoms with Crippen LogP contribution in [0.1, 0.15) is 13.8 Å². The molecule has 6 heteroatoms. The van der Waals surface area contributed by atoms with Crippen LogP contribution in [0.2, 0.25) is 0 Å². The molecule has 0 aliphatic carbocycles. The van der Waals surface area contributed by atoms with E-state index in [9.17, 15) is 8.42 Å². The molecule has 0 saturated heterocycles. The van der Waals surface area contributed by atoms with Crippen LogP contribution in [-0.4, -0.2) is 25.7 Å². The Labute approximate surface area is 60.4 Å². The lowest BCUT2D eigenvalue weighted by atomic mass is 10.1. The highest BCUT2D eigenvalue weighted by Crippen LogP contribution is 1.96. The van der Waals surface area contributed by atoms with Crippen LogP contribution in [-0.2, 0) is 10.2 Å². The van der Waals surface area contributed by atoms with Crippen molar-refractivity contribution in [3.05, 3.63) is 0 Å². The Morgan fingerprint density at radius 1 is 1.60 bits per heavy atom. The average molecular weight is 168 g/mol. The van der Waals surface area contributed by atoms with E-state index >= 15 is 0 Å². The van der Waals surface area contributed by atoms with E-state index in [1.54, 1.807) is 0 Å². The van der Waals surface area contributed by atoms with E-state index in [4.69, 9.17) is 5.11 Å². The molecule has 0 amide bonds. The van der Waals surface area contributed by atoms with E-state index in [0.717, 1.165) is 0 Å². The predicted octanol–water partition coefficient (Wildman–Crippen LogP) is -1.45. The first-order valence-corrected chi connectivity index (χ1v) is 4.25. The van der Waals surface area contributed by atoms with Crippen molar-refractivity contribution in [3.63, 3.8) is 0 Å². The first kappa shape index (κ1) is 9.83. The third-order valence-electron chi connectivity index (χ3n) is 0.706. The zero-order chi connectivity index (χ0) is 8.41. The van der Waals surface area contributed by atoms with Crippen LogP contribution in [0.25, 0.3) is 0 Å². The molecule has 0 fully saturated rings. The topological polar surface area (TPSA) is 92.4 Å². The van der Waals surface area contributed by atoms with E-state index in [1.165, 1.54) is 13.8 Å². The first-order valence-electron chi connectivity index (χ1n) is 2.70. The summed E-state index contributed by atoms with van der Waals surface area (Å²) < 4.78 is 22.4. The number of nitrogens with two attached hydrogens (primary N) is 1. The van der Waals surface area contributed by atoms with Gasteiger partial charge in [-0.05, 0) is 13.8 Å². The van der Waals surface area contributed by atoms with Crippen LogP contribution >= 0.6 is 0 Å². The SMILES string of the molecule is CC(C)(O)CNS(N)(=O)=O. The van der Waals surface area contributed by atoms with Crippen LogP contribution in [0.5, 0.6) is 0 Å². The van der Waals surface area contributed by atoms with Gasteiger partial charge in [0.05, 0.1) is 5.60 Å². The highest BCUT2D eigenvalue weighted by molar-refractivity contribution is 7.87. The molecule has 5 nitrogen and oxygen atoms in total. The number of rotatable bonds is 3. The average Bonchev–Trinajstić information content (AvgIpc) is 1.57. The number of hydrogen-bond donors (Lipinski definition) is 3. The summed E-state index contributed by atoms with van der Waals surface area (Å²) in [4.78, 5) is 0. The zero-order valence-electron chi connectivity index (χ0n) is 5.96. The van der Waals surface area contributed by atoms with Crippen LogP contribution in [0.3, 0.4) is 0 Å². The molecule has 0 aliphatic heterocycles. The molecule has 0 heterocycles. The summed E-state index contributed by atoms with van der Waals surface area (Å²) in [6.45, 7) is 2.88. The van der Waals surface area contributed by atoms with Gasteiger partial charge in [0.25, 0.3) is 10.2 Å². The summed E-state index contributed by atoms with van der Waals surface area (Å²) in [6.07, 6.45) is 0. The smallest absolute Gasteiger partial charge is 0.274 e. The van der Waals surface area contributed by atoms with E-state index < -0.39 is 15.8 Å². The fourth-order valence-electron chi connectivity index (χ4n) is 0.277. The fourth-order valence-corrected chi connectivity index (χ4v) is 0.832. The number of nitrogens with one attached hydrogen (secondary N) is 1. The molecule has 0 aromatic heterocycles. The van der Waals surface area contributed by atoms with Gasteiger partial charge in [0.15, 0.2) is 0 Å². The maximum atomic E-state index is 10.2. The van der Waals surface area contributed by atoms with Crippen molar-refractivity contribution in [2.24, 2.45) is 5.14 Å². The summed E-state index contributed by atoms with van der Waals surface area (Å²) in [5.74, 6) is 0. The van der Waals surface area contributed by atoms with Crippen molar-refractivity contribution in [3.8, 4) is 0 Å². The van der Waals surface area contributed by atoms with Crippen LogP contribution < -0.4 is 9.86 Å². The predicted molar refractivity (Wildman–Crippen MR) is 37.4 cm³/mol. The Morgan fingerprint density at radius 2 is 2.00 bits per heavy atom. The molecular formula is C4H12N2O3S. The Balaban J connectivity index is 3.79. The normalized spacial score (nSPS) is 13.6. The van der Waals surface area contributed by atoms with Gasteiger partial charge >= 0.3 is 0 Å². The van der Waals surface area contributed by atoms with Gasteiger partial charge in [-0.15, -0.1) is 0 Å². The minimum absolute atomic E-state index is 0.0775. The lowest BCUT2D eigenvalue weighted by Gasteiger charge is -2.15. The van der Waals surface area contributed by atoms with Gasteiger partial charge in [-0.2, -0.15) is 13.1 Å². The van der Waals surface area contributed by atoms with E-state index in [2.05, 4.69) is 5.14 Å². The summed E-state index contributed by atoms with van der Waals surface area (Å²) in [7, 11) is -3.67. The largest absolute Gasteiger partial charge is 0.389 e. The van der Waals surface area contributed by atoms with Gasteiger partial charge in [0, 0.05) is 6.54 Å². The molecule has 0 saturated carbocycles. The van der Waals surface area contributed by atoms with Crippen molar-refractivity contribution in [1.29, 1.82) is 0 Å². The standard InChI is InChI=1S/C4H12N2O3S/c1-4(2,7)3-6-10(5,8)9/h6-7H,3H2,1-2H3,(H2,5,8,9). The van der Waals surface area contributed by atoms with Gasteiger partial charge in [0.1, 0.15) is 0 Å². The molecule has 0 atom stereocenters. The molecule has 4 N–H and O–H groups in total. The fraction of sp³-hybridized carbons (Fsp3) is 1.00. The molecule has 0 rings (SSSR count). The summed E-state index contributed by atoms with van der Waals surface area (Å²) in [5.41, 5.74) is -1.06. The zero-order valence-corrected chi connectivity index (χ0v) is 6.77. The molecule has 10 heavy (non-hydrogen) atoms. The van der Waals surface area contributed by atoms with Crippen molar-refractivity contribution >= 4 is 10.2 Å². The van der Waals surface area contributed by atoms with Crippen molar-refractivity contribution < 1.29 is 13.5 Å². The van der Waals surface area contributed by atoms with E-state index in [-0.39, 0.29) is 6.54 Å². The maximum absolute atomic E-state index is 10.2. The molecule has 0 unspecified atom stereocenters. The molecule has 0 aliphatic rings. The highest BCUT2D eigenvalue weighted by Gasteiger charge is 2.14. The summed E-state index contributed by atoms with van der Waals surface area (Å²) in [5, 5.41) is 13.6. The second-order valence-electron chi connectivity index (χ2n) is 2.68. The Kier molecular flexibility index (Phi) is 2.78. The van der Waals surface area contributed by atoms with Gasteiger partial charge in [-0.3, -0.25) is 0 Å². The summed E-state index contributed by atoms with van der Waals surface area (Å²) in [6, 6.07) is 0. The molecular weight excluding hydrogens is 156 g/mol. The quantitative estimate of drug-likeness (QED) is 0.481. The Bertz CT molecular complexity index is 191. The molecule has 0 radical (unpaired) electrons. The minimum atomic E-state index is -3.67. The summed E-state index contributed by atoms with van der Waals surface area (Å²) >= 11 is 0. The molecule has 0 spiro atoms. The lowest BCUT2D eigenvalue weighted by Crippen LogP contribution is -2.41. The molecule has 62 valence electrons. The highest BCUT2D eigenvalue weighted by atomic mass is 32.2. The molecule has 0 aromatic rings. The number of hydrogen-bond acceptors (Lipinski definition) is 3. The van der Waals surface area contributed by atoms with Crippen LogP contribution in [0.15, 0.2) is 0 Å². The monoisotopic (exact) mass is 168 g/mol. The van der Waals surface area contributed by atoms with E-state index in [0.29, 0.717) is 0 Å². The van der Waals surface area contributed by atoms with E-state index in [1.807, 2.05) is 4.72 Å². The van der Waals surface area contributed by atoms with Crippen molar-refractivity contribution in [1.82, 2.24) is 4.72 Å². The van der Waals surface area contributed by atoms with Gasteiger partial charge < -0.3 is 5.11 Å². The Morgan fingerprint density at radius 3 is 2.10 bits per heavy atom. The van der Waals surface area contributed by atoms with Gasteiger partial charge in [-0.1, -0.05) is 0 Å². The third kappa shape index (κ3) is 7.83. The Hall–Kier alpha value is -0.170.